The number of nitrogens with zero attached hydrogens (tertiary/aromatic N) is 2. The summed E-state index contributed by atoms with van der Waals surface area (Å²) in [7, 11) is 0. The summed E-state index contributed by atoms with van der Waals surface area (Å²) in [6, 6.07) is 2.14. The molecule has 5 nitrogen and oxygen atoms in total. The predicted octanol–water partition coefficient (Wildman–Crippen LogP) is 8.01. The van der Waals surface area contributed by atoms with Crippen LogP contribution in [0.5, 0.6) is 0 Å². The number of carbonyl (C=O) groups is 1. The molecule has 0 heterocycles. The van der Waals surface area contributed by atoms with Gasteiger partial charge in [-0.15, -0.1) is 0 Å². The highest BCUT2D eigenvalue weighted by molar-refractivity contribution is 5.90. The molecule has 9 atom stereocenters. The minimum Gasteiger partial charge on any atom is -0.481 e. The summed E-state index contributed by atoms with van der Waals surface area (Å²) in [6.45, 7) is 17.4. The average Bonchev–Trinajstić information content (AvgIpc) is 2.85. The van der Waals surface area contributed by atoms with Crippen molar-refractivity contribution in [3.8, 4) is 6.07 Å². The fraction of sp³-hybridized carbons (Fsp3) is 0.848. The summed E-state index contributed by atoms with van der Waals surface area (Å²) in [6.07, 6.45) is 12.1. The Labute approximate surface area is 230 Å². The zero-order valence-corrected chi connectivity index (χ0v) is 24.9. The van der Waals surface area contributed by atoms with Gasteiger partial charge in [0.15, 0.2) is 0 Å². The zero-order chi connectivity index (χ0) is 27.7. The highest BCUT2D eigenvalue weighted by Gasteiger charge is 2.69. The Morgan fingerprint density at radius 3 is 2.50 bits per heavy atom. The predicted molar refractivity (Wildman–Crippen MR) is 150 cm³/mol. The Morgan fingerprint density at radius 1 is 1.08 bits per heavy atom. The van der Waals surface area contributed by atoms with Gasteiger partial charge in [0, 0.05) is 5.41 Å². The van der Waals surface area contributed by atoms with E-state index in [4.69, 9.17) is 10.1 Å². The van der Waals surface area contributed by atoms with Crippen LogP contribution in [0.3, 0.4) is 0 Å². The third-order valence-corrected chi connectivity index (χ3v) is 13.7. The quantitative estimate of drug-likeness (QED) is 0.230. The van der Waals surface area contributed by atoms with Crippen LogP contribution in [0.1, 0.15) is 113 Å². The van der Waals surface area contributed by atoms with Crippen LogP contribution in [0.25, 0.3) is 0 Å². The second-order valence-electron chi connectivity index (χ2n) is 15.1. The lowest BCUT2D eigenvalue weighted by Crippen LogP contribution is -2.65. The normalized spacial score (nSPS) is 48.4. The van der Waals surface area contributed by atoms with Gasteiger partial charge in [-0.05, 0) is 104 Å². The SMILES string of the molecule is C[C@H]1[C@H](C)CC[C@]2(C(=O)O)CC[C@]3(C)C(=CC[C@@H]4[C@@]5(C)CC/C(=N\OCCC#N)C(C)(C)[C@@H]5CC[C@]43C)[C@H]12. The molecule has 5 aliphatic rings. The molecule has 0 amide bonds. The van der Waals surface area contributed by atoms with Crippen LogP contribution in [0.2, 0.25) is 0 Å². The van der Waals surface area contributed by atoms with Crippen molar-refractivity contribution < 1.29 is 14.7 Å². The fourth-order valence-corrected chi connectivity index (χ4v) is 11.0. The van der Waals surface area contributed by atoms with Crippen LogP contribution in [0, 0.1) is 68.0 Å². The molecule has 0 aromatic rings. The number of carboxylic acids is 1. The van der Waals surface area contributed by atoms with Crippen molar-refractivity contribution in [2.75, 3.05) is 6.61 Å². The smallest absolute Gasteiger partial charge is 0.310 e. The fourth-order valence-electron chi connectivity index (χ4n) is 11.0. The molecule has 1 N–H and O–H groups in total. The molecule has 4 saturated carbocycles. The monoisotopic (exact) mass is 522 g/mol. The second kappa shape index (κ2) is 9.10. The van der Waals surface area contributed by atoms with Gasteiger partial charge in [0.1, 0.15) is 6.61 Å². The molecule has 0 aromatic carbocycles. The average molecular weight is 523 g/mol. The van der Waals surface area contributed by atoms with Gasteiger partial charge in [-0.1, -0.05) is 65.3 Å². The first-order valence-corrected chi connectivity index (χ1v) is 15.3. The van der Waals surface area contributed by atoms with Crippen LogP contribution in [-0.4, -0.2) is 23.4 Å². The molecular weight excluding hydrogens is 472 g/mol. The van der Waals surface area contributed by atoms with Crippen molar-refractivity contribution in [1.29, 1.82) is 5.26 Å². The molecule has 0 radical (unpaired) electrons. The van der Waals surface area contributed by atoms with E-state index in [1.54, 1.807) is 0 Å². The summed E-state index contributed by atoms with van der Waals surface area (Å²) in [5, 5.41) is 24.0. The van der Waals surface area contributed by atoms with Gasteiger partial charge in [-0.2, -0.15) is 5.26 Å². The molecule has 38 heavy (non-hydrogen) atoms. The first-order valence-electron chi connectivity index (χ1n) is 15.3. The lowest BCUT2D eigenvalue weighted by molar-refractivity contribution is -0.181. The van der Waals surface area contributed by atoms with Crippen molar-refractivity contribution in [2.45, 2.75) is 113 Å². The lowest BCUT2D eigenvalue weighted by atomic mass is 9.33. The highest BCUT2D eigenvalue weighted by atomic mass is 16.6. The largest absolute Gasteiger partial charge is 0.481 e. The van der Waals surface area contributed by atoms with Gasteiger partial charge < -0.3 is 9.94 Å². The van der Waals surface area contributed by atoms with Gasteiger partial charge in [-0.25, -0.2) is 0 Å². The Kier molecular flexibility index (Phi) is 6.64. The van der Waals surface area contributed by atoms with Crippen LogP contribution >= 0.6 is 0 Å². The number of aliphatic carboxylic acids is 1. The van der Waals surface area contributed by atoms with Crippen molar-refractivity contribution in [3.63, 3.8) is 0 Å². The topological polar surface area (TPSA) is 82.7 Å². The molecule has 0 saturated heterocycles. The standard InChI is InChI=1S/C33H50N2O3/c1-21-11-16-33(28(36)37)18-17-31(6)23(27(33)22(21)2)9-10-25-30(5)14-13-26(35-38-20-8-19-34)29(3,4)24(30)12-15-32(25,31)7/h9,21-22,24-25,27H,8,10-18,20H2,1-7H3,(H,36,37)/b35-26+/t21-,22+,24+,25-,27+,30+,31-,32-,33+/m1/s1. The lowest BCUT2D eigenvalue weighted by Gasteiger charge is -2.71. The van der Waals surface area contributed by atoms with Crippen molar-refractivity contribution in [3.05, 3.63) is 11.6 Å². The summed E-state index contributed by atoms with van der Waals surface area (Å²) < 4.78 is 0. The van der Waals surface area contributed by atoms with Crippen LogP contribution in [-0.2, 0) is 9.63 Å². The number of nitriles is 1. The number of hydrogen-bond acceptors (Lipinski definition) is 4. The molecule has 5 aliphatic carbocycles. The maximum Gasteiger partial charge on any atom is 0.310 e. The van der Waals surface area contributed by atoms with Gasteiger partial charge in [0.2, 0.25) is 0 Å². The van der Waals surface area contributed by atoms with Crippen molar-refractivity contribution >= 4 is 11.7 Å². The molecular formula is C33H50N2O3. The molecule has 5 heteroatoms. The van der Waals surface area contributed by atoms with E-state index < -0.39 is 11.4 Å². The number of carboxylic acid groups (broad SMARTS) is 1. The number of fused-ring (bicyclic) bond motifs is 7. The van der Waals surface area contributed by atoms with Crippen molar-refractivity contribution in [1.82, 2.24) is 0 Å². The van der Waals surface area contributed by atoms with Gasteiger partial charge in [-0.3, -0.25) is 4.79 Å². The molecule has 0 unspecified atom stereocenters. The Morgan fingerprint density at radius 2 is 1.82 bits per heavy atom. The van der Waals surface area contributed by atoms with E-state index in [1.165, 1.54) is 18.4 Å². The van der Waals surface area contributed by atoms with E-state index >= 15 is 0 Å². The van der Waals surface area contributed by atoms with Crippen LogP contribution < -0.4 is 0 Å². The van der Waals surface area contributed by atoms with Crippen LogP contribution in [0.4, 0.5) is 0 Å². The summed E-state index contributed by atoms with van der Waals surface area (Å²) in [5.74, 6) is 1.71. The number of allylic oxidation sites excluding steroid dienone is 2. The summed E-state index contributed by atoms with van der Waals surface area (Å²) >= 11 is 0. The number of hydrogen-bond donors (Lipinski definition) is 1. The molecule has 0 aromatic heterocycles. The molecule has 0 aliphatic heterocycles. The molecule has 0 spiro atoms. The van der Waals surface area contributed by atoms with Gasteiger partial charge in [0.25, 0.3) is 0 Å². The Bertz CT molecular complexity index is 1090. The third-order valence-electron chi connectivity index (χ3n) is 13.7. The van der Waals surface area contributed by atoms with Crippen LogP contribution in [0.15, 0.2) is 16.8 Å². The molecule has 0 bridgehead atoms. The maximum atomic E-state index is 12.9. The highest BCUT2D eigenvalue weighted by Crippen LogP contribution is 2.75. The maximum absolute atomic E-state index is 12.9. The van der Waals surface area contributed by atoms with E-state index in [2.05, 4.69) is 65.8 Å². The Balaban J connectivity index is 1.52. The van der Waals surface area contributed by atoms with Gasteiger partial charge >= 0.3 is 5.97 Å². The molecule has 5 rings (SSSR count). The van der Waals surface area contributed by atoms with E-state index in [1.807, 2.05) is 0 Å². The van der Waals surface area contributed by atoms with E-state index in [0.717, 1.165) is 50.7 Å². The van der Waals surface area contributed by atoms with Crippen molar-refractivity contribution in [2.24, 2.45) is 61.8 Å². The van der Waals surface area contributed by atoms with Gasteiger partial charge in [0.05, 0.1) is 23.6 Å². The number of rotatable bonds is 4. The minimum absolute atomic E-state index is 0.0375. The first kappa shape index (κ1) is 27.7. The summed E-state index contributed by atoms with van der Waals surface area (Å²) in [4.78, 5) is 18.5. The molecule has 210 valence electrons. The number of oxime groups is 1. The first-order chi connectivity index (χ1) is 17.8. The third kappa shape index (κ3) is 3.53. The zero-order valence-electron chi connectivity index (χ0n) is 24.9. The van der Waals surface area contributed by atoms with E-state index in [-0.39, 0.29) is 27.6 Å². The summed E-state index contributed by atoms with van der Waals surface area (Å²) in [5.41, 5.74) is 2.48. The Hall–Kier alpha value is -1.83. The molecule has 4 fully saturated rings. The second-order valence-corrected chi connectivity index (χ2v) is 15.1. The minimum atomic E-state index is -0.578. The van der Waals surface area contributed by atoms with E-state index in [0.29, 0.717) is 36.7 Å². The van der Waals surface area contributed by atoms with E-state index in [9.17, 15) is 9.90 Å².